The predicted molar refractivity (Wildman–Crippen MR) is 63.7 cm³/mol. The van der Waals surface area contributed by atoms with E-state index in [1.54, 1.807) is 4.90 Å². The molecular formula is C13H17NO3. The lowest BCUT2D eigenvalue weighted by Crippen LogP contribution is -2.46. The van der Waals surface area contributed by atoms with E-state index in [4.69, 9.17) is 9.47 Å². The van der Waals surface area contributed by atoms with Crippen LogP contribution in [0.15, 0.2) is 30.3 Å². The fourth-order valence-corrected chi connectivity index (χ4v) is 1.83. The van der Waals surface area contributed by atoms with Crippen molar-refractivity contribution in [2.24, 2.45) is 0 Å². The molecule has 92 valence electrons. The number of nitrogens with zero attached hydrogens (tertiary/aromatic N) is 1. The Labute approximate surface area is 101 Å². The monoisotopic (exact) mass is 235 g/mol. The third kappa shape index (κ3) is 3.20. The topological polar surface area (TPSA) is 38.8 Å². The molecule has 0 spiro atoms. The van der Waals surface area contributed by atoms with Crippen LogP contribution in [0.1, 0.15) is 13.3 Å². The Balaban J connectivity index is 1.84. The van der Waals surface area contributed by atoms with Crippen LogP contribution in [0.4, 0.5) is 0 Å². The van der Waals surface area contributed by atoms with Crippen LogP contribution in [-0.2, 0) is 9.53 Å². The highest BCUT2D eigenvalue weighted by Gasteiger charge is 2.23. The molecule has 1 aliphatic rings. The van der Waals surface area contributed by atoms with Gasteiger partial charge in [0, 0.05) is 6.54 Å². The van der Waals surface area contributed by atoms with Crippen LogP contribution < -0.4 is 4.74 Å². The van der Waals surface area contributed by atoms with Crippen LogP contribution in [0.3, 0.4) is 0 Å². The Morgan fingerprint density at radius 2 is 2.24 bits per heavy atom. The first-order valence-electron chi connectivity index (χ1n) is 5.86. The van der Waals surface area contributed by atoms with Crippen LogP contribution in [-0.4, -0.2) is 36.8 Å². The van der Waals surface area contributed by atoms with Crippen LogP contribution in [0, 0.1) is 0 Å². The molecule has 0 saturated carbocycles. The van der Waals surface area contributed by atoms with Crippen molar-refractivity contribution in [2.75, 3.05) is 19.8 Å². The van der Waals surface area contributed by atoms with Gasteiger partial charge in [0.1, 0.15) is 12.0 Å². The summed E-state index contributed by atoms with van der Waals surface area (Å²) < 4.78 is 10.8. The van der Waals surface area contributed by atoms with Crippen LogP contribution in [0.2, 0.25) is 0 Å². The highest BCUT2D eigenvalue weighted by atomic mass is 16.5. The van der Waals surface area contributed by atoms with Gasteiger partial charge >= 0.3 is 0 Å². The first-order valence-corrected chi connectivity index (χ1v) is 5.86. The minimum Gasteiger partial charge on any atom is -0.484 e. The third-order valence-electron chi connectivity index (χ3n) is 2.77. The van der Waals surface area contributed by atoms with E-state index in [0.29, 0.717) is 5.75 Å². The molecule has 0 aromatic heterocycles. The second kappa shape index (κ2) is 5.68. The number of carbonyl (C=O) groups excluding carboxylic acids is 1. The summed E-state index contributed by atoms with van der Waals surface area (Å²) in [5.74, 6) is 0.687. The Kier molecular flexibility index (Phi) is 3.98. The zero-order chi connectivity index (χ0) is 12.1. The van der Waals surface area contributed by atoms with Crippen molar-refractivity contribution in [2.45, 2.75) is 19.6 Å². The molecule has 2 rings (SSSR count). The molecule has 1 unspecified atom stereocenters. The summed E-state index contributed by atoms with van der Waals surface area (Å²) in [5, 5.41) is 0. The molecule has 0 aliphatic carbocycles. The number of ether oxygens (including phenoxy) is 2. The van der Waals surface area contributed by atoms with Crippen molar-refractivity contribution >= 4 is 5.91 Å². The van der Waals surface area contributed by atoms with Crippen molar-refractivity contribution < 1.29 is 14.3 Å². The van der Waals surface area contributed by atoms with Crippen molar-refractivity contribution in [1.29, 1.82) is 0 Å². The summed E-state index contributed by atoms with van der Waals surface area (Å²) in [6, 6.07) is 9.35. The van der Waals surface area contributed by atoms with Crippen LogP contribution in [0.25, 0.3) is 0 Å². The number of hydrogen-bond acceptors (Lipinski definition) is 3. The summed E-state index contributed by atoms with van der Waals surface area (Å²) >= 11 is 0. The number of amides is 1. The lowest BCUT2D eigenvalue weighted by molar-refractivity contribution is -0.154. The van der Waals surface area contributed by atoms with Crippen molar-refractivity contribution in [3.8, 4) is 5.75 Å². The average molecular weight is 235 g/mol. The van der Waals surface area contributed by atoms with E-state index in [1.165, 1.54) is 0 Å². The van der Waals surface area contributed by atoms with Crippen molar-refractivity contribution in [1.82, 2.24) is 4.90 Å². The van der Waals surface area contributed by atoms with Gasteiger partial charge < -0.3 is 14.4 Å². The number of rotatable bonds is 3. The normalized spacial score (nSPS) is 20.1. The first-order chi connectivity index (χ1) is 8.27. The van der Waals surface area contributed by atoms with Gasteiger partial charge in [-0.1, -0.05) is 18.2 Å². The molecule has 1 fully saturated rings. The van der Waals surface area contributed by atoms with Gasteiger partial charge in [0.2, 0.25) is 0 Å². The van der Waals surface area contributed by atoms with Gasteiger partial charge in [-0.15, -0.1) is 0 Å². The van der Waals surface area contributed by atoms with E-state index in [9.17, 15) is 4.79 Å². The molecule has 1 heterocycles. The maximum absolute atomic E-state index is 11.9. The van der Waals surface area contributed by atoms with Gasteiger partial charge in [-0.2, -0.15) is 0 Å². The Bertz CT molecular complexity index is 366. The van der Waals surface area contributed by atoms with Crippen LogP contribution in [0.5, 0.6) is 5.75 Å². The molecular weight excluding hydrogens is 218 g/mol. The maximum Gasteiger partial charge on any atom is 0.262 e. The van der Waals surface area contributed by atoms with Gasteiger partial charge in [0.05, 0.1) is 6.61 Å². The van der Waals surface area contributed by atoms with E-state index in [0.717, 1.165) is 19.6 Å². The molecule has 1 aromatic rings. The molecule has 0 N–H and O–H groups in total. The van der Waals surface area contributed by atoms with Gasteiger partial charge in [-0.3, -0.25) is 4.79 Å². The molecule has 0 radical (unpaired) electrons. The molecule has 1 amide bonds. The van der Waals surface area contributed by atoms with Gasteiger partial charge in [0.15, 0.2) is 6.61 Å². The highest BCUT2D eigenvalue weighted by Crippen LogP contribution is 2.12. The molecule has 17 heavy (non-hydrogen) atoms. The molecule has 4 nitrogen and oxygen atoms in total. The summed E-state index contributed by atoms with van der Waals surface area (Å²) in [4.78, 5) is 13.6. The summed E-state index contributed by atoms with van der Waals surface area (Å²) in [6.07, 6.45) is 0.747. The van der Waals surface area contributed by atoms with Gasteiger partial charge in [-0.25, -0.2) is 0 Å². The lowest BCUT2D eigenvalue weighted by Gasteiger charge is -2.33. The molecule has 1 saturated heterocycles. The number of para-hydroxylation sites is 1. The molecule has 0 bridgehead atoms. The largest absolute Gasteiger partial charge is 0.484 e. The zero-order valence-corrected chi connectivity index (χ0v) is 9.96. The fourth-order valence-electron chi connectivity index (χ4n) is 1.83. The third-order valence-corrected chi connectivity index (χ3v) is 2.77. The molecule has 4 heteroatoms. The fraction of sp³-hybridized carbons (Fsp3) is 0.462. The van der Waals surface area contributed by atoms with E-state index in [-0.39, 0.29) is 18.7 Å². The minimum absolute atomic E-state index is 0.0268. The van der Waals surface area contributed by atoms with E-state index < -0.39 is 0 Å². The van der Waals surface area contributed by atoms with Crippen molar-refractivity contribution in [3.63, 3.8) is 0 Å². The average Bonchev–Trinajstić information content (AvgIpc) is 2.38. The zero-order valence-electron chi connectivity index (χ0n) is 9.96. The van der Waals surface area contributed by atoms with Gasteiger partial charge in [0.25, 0.3) is 5.91 Å². The standard InChI is InChI=1S/C13H17NO3/c1-11-14(8-5-9-16-11)13(15)10-17-12-6-3-2-4-7-12/h2-4,6-7,11H,5,8-10H2,1H3. The maximum atomic E-state index is 11.9. The number of hydrogen-bond donors (Lipinski definition) is 0. The Hall–Kier alpha value is -1.55. The van der Waals surface area contributed by atoms with E-state index >= 15 is 0 Å². The Morgan fingerprint density at radius 3 is 2.94 bits per heavy atom. The summed E-state index contributed by atoms with van der Waals surface area (Å²) in [6.45, 7) is 3.43. The smallest absolute Gasteiger partial charge is 0.262 e. The van der Waals surface area contributed by atoms with E-state index in [2.05, 4.69) is 0 Å². The number of benzene rings is 1. The molecule has 1 aromatic carbocycles. The van der Waals surface area contributed by atoms with Gasteiger partial charge in [-0.05, 0) is 25.5 Å². The lowest BCUT2D eigenvalue weighted by atomic mass is 10.3. The van der Waals surface area contributed by atoms with Crippen molar-refractivity contribution in [3.05, 3.63) is 30.3 Å². The highest BCUT2D eigenvalue weighted by molar-refractivity contribution is 5.78. The predicted octanol–water partition coefficient (Wildman–Crippen LogP) is 1.66. The first kappa shape index (κ1) is 11.9. The minimum atomic E-state index is -0.143. The second-order valence-corrected chi connectivity index (χ2v) is 4.01. The van der Waals surface area contributed by atoms with Crippen LogP contribution >= 0.6 is 0 Å². The quantitative estimate of drug-likeness (QED) is 0.799. The van der Waals surface area contributed by atoms with E-state index in [1.807, 2.05) is 37.3 Å². The number of carbonyl (C=O) groups is 1. The molecule has 1 atom stereocenters. The molecule has 1 aliphatic heterocycles. The Morgan fingerprint density at radius 1 is 1.47 bits per heavy atom. The second-order valence-electron chi connectivity index (χ2n) is 4.01. The SMILES string of the molecule is CC1OCCCN1C(=O)COc1ccccc1. The summed E-state index contributed by atoms with van der Waals surface area (Å²) in [7, 11) is 0. The summed E-state index contributed by atoms with van der Waals surface area (Å²) in [5.41, 5.74) is 0.